The Morgan fingerprint density at radius 1 is 0.909 bits per heavy atom. The third-order valence-electron chi connectivity index (χ3n) is 1.28. The number of nitrogens with two attached hydrogens (primary N) is 2. The van der Waals surface area contributed by atoms with E-state index in [1.165, 1.54) is 12.8 Å². The summed E-state index contributed by atoms with van der Waals surface area (Å²) < 4.78 is 0. The van der Waals surface area contributed by atoms with Crippen LogP contribution < -0.4 is 17.0 Å². The Morgan fingerprint density at radius 2 is 1.45 bits per heavy atom. The Kier molecular flexibility index (Phi) is 26.8. The first-order chi connectivity index (χ1) is 4.41. The van der Waals surface area contributed by atoms with E-state index in [4.69, 9.17) is 11.6 Å². The van der Waals surface area contributed by atoms with Crippen LogP contribution in [0.15, 0.2) is 0 Å². The largest absolute Gasteiger partial charge is 0.330 e. The lowest BCUT2D eigenvalue weighted by Crippen LogP contribution is -2.22. The molecular weight excluding hydrogens is 185 g/mol. The minimum Gasteiger partial charge on any atom is -0.330 e. The first kappa shape index (κ1) is 17.5. The second kappa shape index (κ2) is 16.8. The number of hydrogen-bond acceptors (Lipinski definition) is 3. The normalized spacial score (nSPS) is 8.18. The van der Waals surface area contributed by atoms with Crippen LogP contribution in [0, 0.1) is 0 Å². The molecule has 11 heavy (non-hydrogen) atoms. The van der Waals surface area contributed by atoms with Crippen LogP contribution >= 0.6 is 24.8 Å². The van der Waals surface area contributed by atoms with Crippen LogP contribution in [0.4, 0.5) is 0 Å². The van der Waals surface area contributed by atoms with Gasteiger partial charge in [-0.3, -0.25) is 11.3 Å². The predicted octanol–water partition coefficient (Wildman–Crippen LogP) is 0.812. The molecule has 0 radical (unpaired) electrons. The molecule has 0 fully saturated rings. The van der Waals surface area contributed by atoms with Gasteiger partial charge in [0.2, 0.25) is 0 Å². The van der Waals surface area contributed by atoms with Crippen molar-refractivity contribution in [3.63, 3.8) is 0 Å². The number of hydrazine groups is 1. The molecule has 72 valence electrons. The fraction of sp³-hybridized carbons (Fsp3) is 1.00. The van der Waals surface area contributed by atoms with Crippen LogP contribution in [0.5, 0.6) is 0 Å². The van der Waals surface area contributed by atoms with Crippen LogP contribution in [-0.2, 0) is 0 Å². The summed E-state index contributed by atoms with van der Waals surface area (Å²) in [5.41, 5.74) is 7.92. The molecule has 0 aromatic carbocycles. The van der Waals surface area contributed by atoms with Crippen LogP contribution in [0.25, 0.3) is 0 Å². The second-order valence-corrected chi connectivity index (χ2v) is 2.16. The van der Waals surface area contributed by atoms with Gasteiger partial charge in [-0.15, -0.1) is 24.8 Å². The van der Waals surface area contributed by atoms with E-state index in [9.17, 15) is 0 Å². The highest BCUT2D eigenvalue weighted by atomic mass is 35.5. The van der Waals surface area contributed by atoms with Gasteiger partial charge in [-0.05, 0) is 19.4 Å². The number of rotatable bonds is 6. The zero-order chi connectivity index (χ0) is 6.95. The van der Waals surface area contributed by atoms with Gasteiger partial charge in [0.05, 0.1) is 0 Å². The summed E-state index contributed by atoms with van der Waals surface area (Å²) in [7, 11) is 0. The SMILES string of the molecule is Cl.Cl.NCCCCCCNN. The molecular formula is C6H19Cl2N3. The first-order valence-corrected chi connectivity index (χ1v) is 3.55. The van der Waals surface area contributed by atoms with Crippen LogP contribution in [0.3, 0.4) is 0 Å². The summed E-state index contributed by atoms with van der Waals surface area (Å²) in [6.45, 7) is 1.74. The predicted molar refractivity (Wildman–Crippen MR) is 54.2 cm³/mol. The highest BCUT2D eigenvalue weighted by molar-refractivity contribution is 5.85. The third kappa shape index (κ3) is 17.9. The minimum absolute atomic E-state index is 0. The molecule has 0 saturated heterocycles. The fourth-order valence-corrected chi connectivity index (χ4v) is 0.725. The van der Waals surface area contributed by atoms with Gasteiger partial charge in [0.25, 0.3) is 0 Å². The van der Waals surface area contributed by atoms with Crippen molar-refractivity contribution in [3.8, 4) is 0 Å². The molecule has 0 aliphatic heterocycles. The highest BCUT2D eigenvalue weighted by Crippen LogP contribution is 1.95. The van der Waals surface area contributed by atoms with Gasteiger partial charge in [0, 0.05) is 6.54 Å². The Balaban J connectivity index is -0.000000320. The molecule has 5 heteroatoms. The molecule has 0 aliphatic rings. The van der Waals surface area contributed by atoms with Crippen molar-refractivity contribution in [1.82, 2.24) is 5.43 Å². The maximum atomic E-state index is 5.30. The topological polar surface area (TPSA) is 64.1 Å². The van der Waals surface area contributed by atoms with Gasteiger partial charge in [0.1, 0.15) is 0 Å². The molecule has 0 aromatic rings. The Hall–Kier alpha value is 0.460. The standard InChI is InChI=1S/C6H17N3.2ClH/c7-5-3-1-2-4-6-9-8;;/h9H,1-8H2;2*1H. The highest BCUT2D eigenvalue weighted by Gasteiger charge is 1.85. The summed E-state index contributed by atoms with van der Waals surface area (Å²) in [6.07, 6.45) is 4.78. The van der Waals surface area contributed by atoms with E-state index in [0.717, 1.165) is 25.9 Å². The maximum absolute atomic E-state index is 5.30. The Morgan fingerprint density at radius 3 is 1.91 bits per heavy atom. The average Bonchev–Trinajstić information content (AvgIpc) is 1.89. The summed E-state index contributed by atoms with van der Waals surface area (Å²) >= 11 is 0. The van der Waals surface area contributed by atoms with Gasteiger partial charge in [0.15, 0.2) is 0 Å². The number of unbranched alkanes of at least 4 members (excludes halogenated alkanes) is 3. The molecule has 0 amide bonds. The molecule has 5 N–H and O–H groups in total. The van der Waals surface area contributed by atoms with Crippen molar-refractivity contribution in [1.29, 1.82) is 0 Å². The minimum atomic E-state index is 0. The zero-order valence-corrected chi connectivity index (χ0v) is 8.35. The molecule has 0 aromatic heterocycles. The van der Waals surface area contributed by atoms with E-state index in [2.05, 4.69) is 5.43 Å². The molecule has 0 unspecified atom stereocenters. The molecule has 0 spiro atoms. The van der Waals surface area contributed by atoms with Gasteiger partial charge < -0.3 is 5.73 Å². The van der Waals surface area contributed by atoms with E-state index in [1.807, 2.05) is 0 Å². The summed E-state index contributed by atoms with van der Waals surface area (Å²) in [4.78, 5) is 0. The Bertz CT molecular complexity index is 49.1. The van der Waals surface area contributed by atoms with E-state index < -0.39 is 0 Å². The molecule has 0 heterocycles. The van der Waals surface area contributed by atoms with Crippen LogP contribution in [0.1, 0.15) is 25.7 Å². The fourth-order valence-electron chi connectivity index (χ4n) is 0.725. The van der Waals surface area contributed by atoms with Crippen molar-refractivity contribution in [2.24, 2.45) is 11.6 Å². The smallest absolute Gasteiger partial charge is 0.00974 e. The monoisotopic (exact) mass is 203 g/mol. The van der Waals surface area contributed by atoms with Gasteiger partial charge in [-0.2, -0.15) is 0 Å². The molecule has 0 bridgehead atoms. The zero-order valence-electron chi connectivity index (χ0n) is 6.71. The quantitative estimate of drug-likeness (QED) is 0.341. The average molecular weight is 204 g/mol. The second-order valence-electron chi connectivity index (χ2n) is 2.16. The van der Waals surface area contributed by atoms with E-state index in [-0.39, 0.29) is 24.8 Å². The van der Waals surface area contributed by atoms with E-state index >= 15 is 0 Å². The first-order valence-electron chi connectivity index (χ1n) is 3.55. The van der Waals surface area contributed by atoms with E-state index in [0.29, 0.717) is 0 Å². The van der Waals surface area contributed by atoms with Crippen molar-refractivity contribution in [2.45, 2.75) is 25.7 Å². The lowest BCUT2D eigenvalue weighted by atomic mass is 10.2. The summed E-state index contributed by atoms with van der Waals surface area (Å²) in [5.74, 6) is 5.07. The molecule has 0 aliphatic carbocycles. The number of hydrogen-bond donors (Lipinski definition) is 3. The van der Waals surface area contributed by atoms with Crippen molar-refractivity contribution in [2.75, 3.05) is 13.1 Å². The maximum Gasteiger partial charge on any atom is 0.00974 e. The lowest BCUT2D eigenvalue weighted by Gasteiger charge is -1.97. The molecule has 0 rings (SSSR count). The van der Waals surface area contributed by atoms with Crippen molar-refractivity contribution >= 4 is 24.8 Å². The van der Waals surface area contributed by atoms with Crippen LogP contribution in [-0.4, -0.2) is 13.1 Å². The van der Waals surface area contributed by atoms with Gasteiger partial charge in [-0.1, -0.05) is 12.8 Å². The van der Waals surface area contributed by atoms with Crippen LogP contribution in [0.2, 0.25) is 0 Å². The summed E-state index contributed by atoms with van der Waals surface area (Å²) in [5, 5.41) is 0. The summed E-state index contributed by atoms with van der Waals surface area (Å²) in [6, 6.07) is 0. The molecule has 0 saturated carbocycles. The lowest BCUT2D eigenvalue weighted by molar-refractivity contribution is 0.603. The number of nitrogens with one attached hydrogen (secondary N) is 1. The van der Waals surface area contributed by atoms with Crippen molar-refractivity contribution < 1.29 is 0 Å². The third-order valence-corrected chi connectivity index (χ3v) is 1.28. The van der Waals surface area contributed by atoms with Gasteiger partial charge >= 0.3 is 0 Å². The molecule has 0 atom stereocenters. The van der Waals surface area contributed by atoms with Gasteiger partial charge in [-0.25, -0.2) is 0 Å². The Labute approximate surface area is 81.1 Å². The number of halogens is 2. The molecule has 3 nitrogen and oxygen atoms in total. The van der Waals surface area contributed by atoms with Crippen molar-refractivity contribution in [3.05, 3.63) is 0 Å². The van der Waals surface area contributed by atoms with E-state index in [1.54, 1.807) is 0 Å².